The van der Waals surface area contributed by atoms with Crippen LogP contribution in [0.3, 0.4) is 0 Å². The fourth-order valence-electron chi connectivity index (χ4n) is 4.89. The number of carbonyl (C=O) groups is 1. The fourth-order valence-corrected chi connectivity index (χ4v) is 6.69. The standard InChI is InChI=1S/C32H30Br2N2O4S/c1-5-7-25-28(31(38)39-6-2)29(20-10-8-19(9-11-20)18(3)4)36-30(37)27(41-32(36)35-25)17-22-13-15-26(40-22)23-16-21(33)12-14-24(23)34/h8-18,29H,5-7H2,1-4H3/b27-17+/t29-/m0/s1. The van der Waals surface area contributed by atoms with Crippen molar-refractivity contribution in [3.05, 3.63) is 111 Å². The van der Waals surface area contributed by atoms with E-state index in [1.807, 2.05) is 49.4 Å². The molecule has 0 saturated carbocycles. The summed E-state index contributed by atoms with van der Waals surface area (Å²) in [5.41, 5.74) is 3.77. The van der Waals surface area contributed by atoms with Crippen molar-refractivity contribution in [2.45, 2.75) is 52.5 Å². The molecular formula is C32H30Br2N2O4S. The number of ether oxygens (including phenoxy) is 1. The van der Waals surface area contributed by atoms with Crippen molar-refractivity contribution in [1.29, 1.82) is 0 Å². The Kier molecular flexibility index (Phi) is 8.97. The Hall–Kier alpha value is -3.01. The van der Waals surface area contributed by atoms with E-state index in [2.05, 4.69) is 57.8 Å². The molecule has 0 amide bonds. The predicted molar refractivity (Wildman–Crippen MR) is 170 cm³/mol. The minimum Gasteiger partial charge on any atom is -0.463 e. The second kappa shape index (κ2) is 12.5. The van der Waals surface area contributed by atoms with Crippen LogP contribution in [0.5, 0.6) is 0 Å². The van der Waals surface area contributed by atoms with Crippen LogP contribution in [-0.4, -0.2) is 17.1 Å². The average molecular weight is 698 g/mol. The topological polar surface area (TPSA) is 73.8 Å². The molecule has 1 aliphatic heterocycles. The Morgan fingerprint density at radius 1 is 1.12 bits per heavy atom. The molecule has 0 radical (unpaired) electrons. The summed E-state index contributed by atoms with van der Waals surface area (Å²) in [4.78, 5) is 32.8. The van der Waals surface area contributed by atoms with Gasteiger partial charge in [-0.25, -0.2) is 9.79 Å². The van der Waals surface area contributed by atoms with Crippen molar-refractivity contribution in [2.75, 3.05) is 6.61 Å². The van der Waals surface area contributed by atoms with E-state index < -0.39 is 12.0 Å². The highest BCUT2D eigenvalue weighted by atomic mass is 79.9. The lowest BCUT2D eigenvalue weighted by molar-refractivity contribution is -0.139. The maximum atomic E-state index is 14.0. The summed E-state index contributed by atoms with van der Waals surface area (Å²) in [6, 6.07) is 17.1. The first-order chi connectivity index (χ1) is 19.7. The van der Waals surface area contributed by atoms with Crippen LogP contribution in [0.2, 0.25) is 0 Å². The number of allylic oxidation sites excluding steroid dienone is 1. The molecule has 1 aliphatic rings. The summed E-state index contributed by atoms with van der Waals surface area (Å²) in [5.74, 6) is 1.14. The van der Waals surface area contributed by atoms with E-state index >= 15 is 0 Å². The summed E-state index contributed by atoms with van der Waals surface area (Å²) in [6.45, 7) is 8.34. The molecule has 0 saturated heterocycles. The molecule has 0 spiro atoms. The van der Waals surface area contributed by atoms with Gasteiger partial charge in [-0.15, -0.1) is 0 Å². The Balaban J connectivity index is 1.67. The van der Waals surface area contributed by atoms with E-state index in [0.29, 0.717) is 44.5 Å². The van der Waals surface area contributed by atoms with Crippen LogP contribution in [0.25, 0.3) is 17.4 Å². The number of nitrogens with zero attached hydrogens (tertiary/aromatic N) is 2. The highest BCUT2D eigenvalue weighted by Crippen LogP contribution is 2.34. The third kappa shape index (κ3) is 5.98. The van der Waals surface area contributed by atoms with Gasteiger partial charge in [0.05, 0.1) is 28.5 Å². The molecule has 0 fully saturated rings. The number of furan rings is 1. The quantitative estimate of drug-likeness (QED) is 0.179. The van der Waals surface area contributed by atoms with Crippen LogP contribution in [0.1, 0.15) is 69.4 Å². The summed E-state index contributed by atoms with van der Waals surface area (Å²) in [7, 11) is 0. The monoisotopic (exact) mass is 696 g/mol. The first-order valence-corrected chi connectivity index (χ1v) is 16.0. The van der Waals surface area contributed by atoms with Crippen molar-refractivity contribution in [3.8, 4) is 11.3 Å². The minimum absolute atomic E-state index is 0.231. The lowest BCUT2D eigenvalue weighted by Gasteiger charge is -2.26. The molecular weight excluding hydrogens is 668 g/mol. The predicted octanol–water partition coefficient (Wildman–Crippen LogP) is 7.49. The Morgan fingerprint density at radius 3 is 2.56 bits per heavy atom. The molecule has 2 aromatic heterocycles. The smallest absolute Gasteiger partial charge is 0.338 e. The highest BCUT2D eigenvalue weighted by molar-refractivity contribution is 9.11. The molecule has 0 aliphatic carbocycles. The first-order valence-electron chi connectivity index (χ1n) is 13.6. The van der Waals surface area contributed by atoms with E-state index in [1.165, 1.54) is 16.9 Å². The molecule has 2 aromatic carbocycles. The van der Waals surface area contributed by atoms with Gasteiger partial charge in [0.25, 0.3) is 5.56 Å². The average Bonchev–Trinajstić information content (AvgIpc) is 3.54. The van der Waals surface area contributed by atoms with Crippen molar-refractivity contribution in [2.24, 2.45) is 4.99 Å². The molecule has 4 aromatic rings. The van der Waals surface area contributed by atoms with Crippen LogP contribution in [-0.2, 0) is 9.53 Å². The zero-order valence-electron chi connectivity index (χ0n) is 23.2. The zero-order valence-corrected chi connectivity index (χ0v) is 27.2. The number of carbonyl (C=O) groups excluding carboxylic acids is 1. The van der Waals surface area contributed by atoms with Crippen LogP contribution in [0.15, 0.2) is 89.0 Å². The molecule has 0 N–H and O–H groups in total. The summed E-state index contributed by atoms with van der Waals surface area (Å²) < 4.78 is 15.6. The number of thiazole rings is 1. The van der Waals surface area contributed by atoms with E-state index in [9.17, 15) is 9.59 Å². The van der Waals surface area contributed by atoms with E-state index in [-0.39, 0.29) is 12.2 Å². The Bertz CT molecular complexity index is 1810. The number of hydrogen-bond donors (Lipinski definition) is 0. The Labute approximate surface area is 259 Å². The van der Waals surface area contributed by atoms with Gasteiger partial charge in [0.1, 0.15) is 11.5 Å². The maximum Gasteiger partial charge on any atom is 0.338 e. The first kappa shape index (κ1) is 29.5. The number of hydrogen-bond acceptors (Lipinski definition) is 6. The normalized spacial score (nSPS) is 15.3. The summed E-state index contributed by atoms with van der Waals surface area (Å²) in [6.07, 6.45) is 3.14. The SMILES string of the molecule is CCCC1=C(C(=O)OCC)[C@H](c2ccc(C(C)C)cc2)n2c(s/c(=C/c3ccc(-c4cc(Br)ccc4Br)o3)c2=O)=N1. The Morgan fingerprint density at radius 2 is 1.88 bits per heavy atom. The van der Waals surface area contributed by atoms with Gasteiger partial charge in [-0.3, -0.25) is 9.36 Å². The molecule has 6 nitrogen and oxygen atoms in total. The van der Waals surface area contributed by atoms with Crippen LogP contribution < -0.4 is 14.9 Å². The van der Waals surface area contributed by atoms with Crippen molar-refractivity contribution in [3.63, 3.8) is 0 Å². The third-order valence-electron chi connectivity index (χ3n) is 6.91. The highest BCUT2D eigenvalue weighted by Gasteiger charge is 2.34. The molecule has 0 unspecified atom stereocenters. The number of aromatic nitrogens is 1. The maximum absolute atomic E-state index is 14.0. The van der Waals surface area contributed by atoms with Crippen LogP contribution in [0.4, 0.5) is 0 Å². The number of fused-ring (bicyclic) bond motifs is 1. The molecule has 9 heteroatoms. The van der Waals surface area contributed by atoms with Crippen molar-refractivity contribution < 1.29 is 13.9 Å². The van der Waals surface area contributed by atoms with Crippen molar-refractivity contribution >= 4 is 55.2 Å². The van der Waals surface area contributed by atoms with Crippen LogP contribution in [0, 0.1) is 0 Å². The third-order valence-corrected chi connectivity index (χ3v) is 9.07. The lowest BCUT2D eigenvalue weighted by Crippen LogP contribution is -2.40. The number of rotatable bonds is 8. The summed E-state index contributed by atoms with van der Waals surface area (Å²) >= 11 is 8.39. The second-order valence-electron chi connectivity index (χ2n) is 10.1. The van der Waals surface area contributed by atoms with E-state index in [0.717, 1.165) is 26.5 Å². The van der Waals surface area contributed by atoms with E-state index in [4.69, 9.17) is 14.1 Å². The van der Waals surface area contributed by atoms with Gasteiger partial charge in [0, 0.05) is 20.6 Å². The van der Waals surface area contributed by atoms with Gasteiger partial charge in [0.15, 0.2) is 4.80 Å². The molecule has 41 heavy (non-hydrogen) atoms. The van der Waals surface area contributed by atoms with Gasteiger partial charge in [0.2, 0.25) is 0 Å². The molecule has 212 valence electrons. The molecule has 3 heterocycles. The molecule has 5 rings (SSSR count). The second-order valence-corrected chi connectivity index (χ2v) is 12.8. The number of halogens is 2. The molecule has 1 atom stereocenters. The van der Waals surface area contributed by atoms with Gasteiger partial charge < -0.3 is 9.15 Å². The lowest BCUT2D eigenvalue weighted by atomic mass is 9.92. The molecule has 0 bridgehead atoms. The van der Waals surface area contributed by atoms with Gasteiger partial charge >= 0.3 is 5.97 Å². The number of benzene rings is 2. The van der Waals surface area contributed by atoms with Gasteiger partial charge in [-0.05, 0) is 60.7 Å². The van der Waals surface area contributed by atoms with Crippen LogP contribution >= 0.6 is 43.2 Å². The van der Waals surface area contributed by atoms with Gasteiger partial charge in [-0.1, -0.05) is 94.7 Å². The largest absolute Gasteiger partial charge is 0.463 e. The van der Waals surface area contributed by atoms with E-state index in [1.54, 1.807) is 17.6 Å². The van der Waals surface area contributed by atoms with Crippen molar-refractivity contribution in [1.82, 2.24) is 4.57 Å². The fraction of sp³-hybridized carbons (Fsp3) is 0.281. The summed E-state index contributed by atoms with van der Waals surface area (Å²) in [5, 5.41) is 0. The van der Waals surface area contributed by atoms with Gasteiger partial charge in [-0.2, -0.15) is 0 Å². The number of esters is 1. The zero-order chi connectivity index (χ0) is 29.3. The minimum atomic E-state index is -0.639.